The predicted octanol–water partition coefficient (Wildman–Crippen LogP) is 1.72. The number of hydrogen-bond acceptors (Lipinski definition) is 7. The van der Waals surface area contributed by atoms with Gasteiger partial charge in [0, 0.05) is 31.4 Å². The van der Waals surface area contributed by atoms with Gasteiger partial charge in [0.2, 0.25) is 0 Å². The van der Waals surface area contributed by atoms with Crippen molar-refractivity contribution in [1.29, 1.82) is 0 Å². The van der Waals surface area contributed by atoms with Gasteiger partial charge in [0.1, 0.15) is 17.3 Å². The smallest absolute Gasteiger partial charge is 0.277 e. The summed E-state index contributed by atoms with van der Waals surface area (Å²) in [4.78, 5) is 32.4. The molecule has 0 bridgehead atoms. The number of carbonyl (C=O) groups excluding carboxylic acids is 1. The minimum absolute atomic E-state index is 0.266. The largest absolute Gasteiger partial charge is 0.354 e. The maximum absolute atomic E-state index is 12.6. The molecule has 1 saturated carbocycles. The number of nitrogens with zero attached hydrogens (tertiary/aromatic N) is 6. The first-order valence-corrected chi connectivity index (χ1v) is 10.0. The van der Waals surface area contributed by atoms with Crippen molar-refractivity contribution in [2.24, 2.45) is 0 Å². The zero-order valence-corrected chi connectivity index (χ0v) is 16.6. The Morgan fingerprint density at radius 1 is 1.07 bits per heavy atom. The molecule has 0 unspecified atom stereocenters. The Morgan fingerprint density at radius 2 is 1.93 bits per heavy atom. The predicted molar refractivity (Wildman–Crippen MR) is 109 cm³/mol. The highest BCUT2D eigenvalue weighted by Gasteiger charge is 2.29. The van der Waals surface area contributed by atoms with Crippen molar-refractivity contribution in [1.82, 2.24) is 29.7 Å². The Morgan fingerprint density at radius 3 is 2.69 bits per heavy atom. The molecule has 1 aliphatic carbocycles. The van der Waals surface area contributed by atoms with E-state index in [0.29, 0.717) is 17.9 Å². The van der Waals surface area contributed by atoms with Crippen LogP contribution in [0, 0.1) is 13.8 Å². The highest BCUT2D eigenvalue weighted by atomic mass is 16.2. The van der Waals surface area contributed by atoms with Crippen LogP contribution in [-0.4, -0.2) is 55.4 Å². The summed E-state index contributed by atoms with van der Waals surface area (Å²) in [6.45, 7) is 5.68. The molecule has 1 aliphatic heterocycles. The van der Waals surface area contributed by atoms with Crippen molar-refractivity contribution < 1.29 is 4.79 Å². The van der Waals surface area contributed by atoms with Gasteiger partial charge >= 0.3 is 0 Å². The molecule has 150 valence electrons. The first kappa shape index (κ1) is 18.0. The summed E-state index contributed by atoms with van der Waals surface area (Å²) in [5, 5.41) is 6.46. The van der Waals surface area contributed by atoms with Crippen LogP contribution in [0.4, 0.5) is 11.6 Å². The topological polar surface area (TPSA) is 100 Å². The molecular formula is C20H24N8O. The summed E-state index contributed by atoms with van der Waals surface area (Å²) in [7, 11) is 0. The summed E-state index contributed by atoms with van der Waals surface area (Å²) in [5.41, 5.74) is 2.70. The maximum atomic E-state index is 12.6. The molecule has 0 aromatic carbocycles. The van der Waals surface area contributed by atoms with Gasteiger partial charge in [-0.15, -0.1) is 0 Å². The lowest BCUT2D eigenvalue weighted by Gasteiger charge is -2.17. The molecule has 1 atom stereocenters. The van der Waals surface area contributed by atoms with E-state index in [1.54, 1.807) is 12.4 Å². The van der Waals surface area contributed by atoms with Crippen LogP contribution in [0.15, 0.2) is 24.8 Å². The third kappa shape index (κ3) is 3.77. The van der Waals surface area contributed by atoms with Gasteiger partial charge < -0.3 is 19.9 Å². The minimum Gasteiger partial charge on any atom is -0.354 e. The van der Waals surface area contributed by atoms with E-state index in [9.17, 15) is 4.79 Å². The Labute approximate surface area is 168 Å². The van der Waals surface area contributed by atoms with Gasteiger partial charge in [0.05, 0.1) is 30.0 Å². The Balaban J connectivity index is 1.26. The molecule has 2 N–H and O–H groups in total. The number of rotatable bonds is 5. The van der Waals surface area contributed by atoms with Crippen molar-refractivity contribution in [2.75, 3.05) is 23.3 Å². The van der Waals surface area contributed by atoms with Crippen molar-refractivity contribution in [3.05, 3.63) is 41.9 Å². The van der Waals surface area contributed by atoms with E-state index in [4.69, 9.17) is 0 Å². The monoisotopic (exact) mass is 392 g/mol. The quantitative estimate of drug-likeness (QED) is 0.682. The van der Waals surface area contributed by atoms with Gasteiger partial charge in [-0.1, -0.05) is 0 Å². The molecule has 2 aliphatic rings. The molecule has 0 radical (unpaired) electrons. The molecule has 5 rings (SSSR count). The lowest BCUT2D eigenvalue weighted by atomic mass is 10.2. The fourth-order valence-corrected chi connectivity index (χ4v) is 3.80. The maximum Gasteiger partial charge on any atom is 0.277 e. The number of hydrogen-bond donors (Lipinski definition) is 2. The van der Waals surface area contributed by atoms with Crippen LogP contribution in [0.25, 0.3) is 5.65 Å². The average Bonchev–Trinajstić information content (AvgIpc) is 3.24. The molecule has 9 heteroatoms. The van der Waals surface area contributed by atoms with Crippen LogP contribution in [-0.2, 0) is 0 Å². The van der Waals surface area contributed by atoms with Crippen LogP contribution in [0.1, 0.15) is 41.1 Å². The van der Waals surface area contributed by atoms with E-state index in [0.717, 1.165) is 42.4 Å². The Hall–Kier alpha value is -3.07. The molecule has 9 nitrogen and oxygen atoms in total. The summed E-state index contributed by atoms with van der Waals surface area (Å²) < 4.78 is 1.86. The van der Waals surface area contributed by atoms with E-state index in [2.05, 4.69) is 35.5 Å². The lowest BCUT2D eigenvalue weighted by Crippen LogP contribution is -2.34. The normalized spacial score (nSPS) is 19.1. The number of amides is 1. The standard InChI is InChI=1S/C20H24N8O/c1-12-9-28-11-17(24-13(2)19(28)23-12)26-20(29)16-7-22-18(8-21-16)27-6-5-15(10-27)25-14-3-4-14/h7-9,11,14-15,25H,3-6,10H2,1-2H3,(H,26,29)/t15-/m1/s1. The molecule has 1 saturated heterocycles. The van der Waals surface area contributed by atoms with Gasteiger partial charge in [-0.3, -0.25) is 4.79 Å². The van der Waals surface area contributed by atoms with Gasteiger partial charge in [-0.25, -0.2) is 19.9 Å². The van der Waals surface area contributed by atoms with Gasteiger partial charge in [0.15, 0.2) is 5.65 Å². The fraction of sp³-hybridized carbons (Fsp3) is 0.450. The second-order valence-corrected chi connectivity index (χ2v) is 7.91. The third-order valence-corrected chi connectivity index (χ3v) is 5.40. The van der Waals surface area contributed by atoms with Crippen LogP contribution in [0.2, 0.25) is 0 Å². The summed E-state index contributed by atoms with van der Waals surface area (Å²) in [6, 6.07) is 1.23. The van der Waals surface area contributed by atoms with Crippen LogP contribution < -0.4 is 15.5 Å². The van der Waals surface area contributed by atoms with Crippen molar-refractivity contribution in [2.45, 2.75) is 45.2 Å². The third-order valence-electron chi connectivity index (χ3n) is 5.40. The molecular weight excluding hydrogens is 368 g/mol. The first-order valence-electron chi connectivity index (χ1n) is 10.0. The molecule has 1 amide bonds. The van der Waals surface area contributed by atoms with E-state index >= 15 is 0 Å². The average molecular weight is 392 g/mol. The minimum atomic E-state index is -0.332. The molecule has 29 heavy (non-hydrogen) atoms. The number of nitrogens with one attached hydrogen (secondary N) is 2. The zero-order valence-electron chi connectivity index (χ0n) is 16.6. The number of aromatic nitrogens is 5. The SMILES string of the molecule is Cc1cn2cc(NC(=O)c3cnc(N4CC[C@@H](NC5CC5)C4)cn3)nc(C)c2n1. The van der Waals surface area contributed by atoms with E-state index in [1.807, 2.05) is 24.4 Å². The number of aryl methyl sites for hydroxylation is 2. The van der Waals surface area contributed by atoms with E-state index < -0.39 is 0 Å². The molecule has 3 aromatic rings. The molecule has 0 spiro atoms. The number of imidazole rings is 1. The fourth-order valence-electron chi connectivity index (χ4n) is 3.80. The van der Waals surface area contributed by atoms with E-state index in [-0.39, 0.29) is 11.6 Å². The molecule has 3 aromatic heterocycles. The van der Waals surface area contributed by atoms with Gasteiger partial charge in [-0.05, 0) is 33.1 Å². The van der Waals surface area contributed by atoms with Gasteiger partial charge in [0.25, 0.3) is 5.91 Å². The summed E-state index contributed by atoms with van der Waals surface area (Å²) in [6.07, 6.45) is 10.6. The second kappa shape index (κ2) is 7.07. The Kier molecular flexibility index (Phi) is 4.39. The van der Waals surface area contributed by atoms with Crippen molar-refractivity contribution in [3.63, 3.8) is 0 Å². The number of fused-ring (bicyclic) bond motifs is 1. The highest BCUT2D eigenvalue weighted by Crippen LogP contribution is 2.23. The zero-order chi connectivity index (χ0) is 20.0. The van der Waals surface area contributed by atoms with Crippen LogP contribution in [0.3, 0.4) is 0 Å². The van der Waals surface area contributed by atoms with E-state index in [1.165, 1.54) is 19.0 Å². The van der Waals surface area contributed by atoms with Crippen LogP contribution >= 0.6 is 0 Å². The van der Waals surface area contributed by atoms with Crippen LogP contribution in [0.5, 0.6) is 0 Å². The Bertz CT molecular complexity index is 1060. The summed E-state index contributed by atoms with van der Waals surface area (Å²) in [5.74, 6) is 0.935. The van der Waals surface area contributed by atoms with Crippen molar-refractivity contribution >= 4 is 23.2 Å². The summed E-state index contributed by atoms with van der Waals surface area (Å²) >= 11 is 0. The second-order valence-electron chi connectivity index (χ2n) is 7.91. The lowest BCUT2D eigenvalue weighted by molar-refractivity contribution is 0.102. The first-order chi connectivity index (χ1) is 14.0. The molecule has 4 heterocycles. The number of anilines is 2. The number of carbonyl (C=O) groups is 1. The van der Waals surface area contributed by atoms with Crippen molar-refractivity contribution in [3.8, 4) is 0 Å². The molecule has 2 fully saturated rings. The highest BCUT2D eigenvalue weighted by molar-refractivity contribution is 6.02. The van der Waals surface area contributed by atoms with Gasteiger partial charge in [-0.2, -0.15) is 0 Å².